The number of Topliss-reactive ketones (excluding diaryl/α,β-unsaturated/α-hetero) is 1. The quantitative estimate of drug-likeness (QED) is 0.308. The molecule has 0 fully saturated rings. The zero-order valence-electron chi connectivity index (χ0n) is 20.5. The highest BCUT2D eigenvalue weighted by Gasteiger charge is 2.23. The number of halogens is 1. The number of methoxy groups -OCH3 is 1. The van der Waals surface area contributed by atoms with Gasteiger partial charge in [-0.3, -0.25) is 14.3 Å². The molecule has 0 radical (unpaired) electrons. The fourth-order valence-electron chi connectivity index (χ4n) is 4.55. The van der Waals surface area contributed by atoms with E-state index in [1.165, 1.54) is 28.8 Å². The molecule has 10 nitrogen and oxygen atoms in total. The second-order valence-electron chi connectivity index (χ2n) is 8.68. The number of aryl methyl sites for hydroxylation is 1. The van der Waals surface area contributed by atoms with Gasteiger partial charge in [-0.1, -0.05) is 24.6 Å². The average Bonchev–Trinajstić information content (AvgIpc) is 3.54. The Morgan fingerprint density at radius 1 is 1.11 bits per heavy atom. The third-order valence-corrected chi connectivity index (χ3v) is 6.50. The molecule has 188 valence electrons. The first kappa shape index (κ1) is 24.4. The number of ether oxygens (including phenoxy) is 1. The van der Waals surface area contributed by atoms with E-state index in [1.54, 1.807) is 29.1 Å². The number of hydrogen-bond acceptors (Lipinski definition) is 7. The van der Waals surface area contributed by atoms with Gasteiger partial charge in [0.15, 0.2) is 5.78 Å². The number of rotatable bonds is 8. The number of hydrogen-bond donors (Lipinski definition) is 0. The van der Waals surface area contributed by atoms with Crippen molar-refractivity contribution in [2.24, 2.45) is 7.05 Å². The highest BCUT2D eigenvalue weighted by atomic mass is 35.5. The molecule has 3 aromatic heterocycles. The van der Waals surface area contributed by atoms with Gasteiger partial charge in [-0.05, 0) is 52.7 Å². The molecule has 37 heavy (non-hydrogen) atoms. The van der Waals surface area contributed by atoms with E-state index < -0.39 is 6.04 Å². The molecule has 0 N–H and O–H groups in total. The minimum atomic E-state index is -0.654. The van der Waals surface area contributed by atoms with Gasteiger partial charge in [-0.15, -0.1) is 5.10 Å². The standard InChI is InChI=1S/C26H24ClN7O3/c1-4-22(24(35)10-16-5-7-21-17(9-16)13-32(2)29-21)33-14-25(37-3)20(12-26(33)36)19-11-18(27)6-8-23(19)34-15-28-30-31-34/h5-9,11-15,22H,4,10H2,1-3H3. The largest absolute Gasteiger partial charge is 0.495 e. The number of aromatic nitrogens is 7. The number of carbonyl (C=O) groups excluding carboxylic acids is 1. The van der Waals surface area contributed by atoms with E-state index in [-0.39, 0.29) is 17.8 Å². The zero-order chi connectivity index (χ0) is 26.1. The van der Waals surface area contributed by atoms with Crippen LogP contribution in [0.3, 0.4) is 0 Å². The van der Waals surface area contributed by atoms with Gasteiger partial charge in [0.25, 0.3) is 5.56 Å². The highest BCUT2D eigenvalue weighted by Crippen LogP contribution is 2.35. The Balaban J connectivity index is 1.52. The molecule has 0 saturated heterocycles. The molecule has 5 rings (SSSR count). The average molecular weight is 518 g/mol. The maximum Gasteiger partial charge on any atom is 0.252 e. The van der Waals surface area contributed by atoms with Gasteiger partial charge in [-0.2, -0.15) is 9.78 Å². The van der Waals surface area contributed by atoms with Crippen molar-refractivity contribution >= 4 is 28.3 Å². The monoisotopic (exact) mass is 517 g/mol. The zero-order valence-corrected chi connectivity index (χ0v) is 21.3. The van der Waals surface area contributed by atoms with Crippen LogP contribution in [0.5, 0.6) is 5.75 Å². The van der Waals surface area contributed by atoms with E-state index >= 15 is 0 Å². The minimum Gasteiger partial charge on any atom is -0.495 e. The van der Waals surface area contributed by atoms with Crippen LogP contribution in [0.1, 0.15) is 24.9 Å². The van der Waals surface area contributed by atoms with Crippen molar-refractivity contribution in [1.82, 2.24) is 34.6 Å². The number of ketones is 1. The minimum absolute atomic E-state index is 0.0697. The number of fused-ring (bicyclic) bond motifs is 1. The smallest absolute Gasteiger partial charge is 0.252 e. The normalized spacial score (nSPS) is 12.1. The van der Waals surface area contributed by atoms with Crippen molar-refractivity contribution in [3.05, 3.63) is 82.1 Å². The third-order valence-electron chi connectivity index (χ3n) is 6.26. The predicted octanol–water partition coefficient (Wildman–Crippen LogP) is 3.80. The maximum absolute atomic E-state index is 13.4. The van der Waals surface area contributed by atoms with Crippen LogP contribution in [0.2, 0.25) is 5.02 Å². The lowest BCUT2D eigenvalue weighted by atomic mass is 9.99. The molecule has 11 heteroatoms. The second kappa shape index (κ2) is 9.98. The molecule has 5 aromatic rings. The Labute approximate surface area is 217 Å². The summed E-state index contributed by atoms with van der Waals surface area (Å²) in [4.78, 5) is 26.7. The number of tetrazole rings is 1. The van der Waals surface area contributed by atoms with E-state index in [0.29, 0.717) is 34.0 Å². The van der Waals surface area contributed by atoms with Crippen molar-refractivity contribution in [3.63, 3.8) is 0 Å². The van der Waals surface area contributed by atoms with Crippen molar-refractivity contribution in [3.8, 4) is 22.6 Å². The van der Waals surface area contributed by atoms with Crippen molar-refractivity contribution in [2.75, 3.05) is 7.11 Å². The van der Waals surface area contributed by atoms with Gasteiger partial charge in [0, 0.05) is 47.3 Å². The summed E-state index contributed by atoms with van der Waals surface area (Å²) in [5, 5.41) is 17.2. The number of pyridine rings is 1. The van der Waals surface area contributed by atoms with Gasteiger partial charge in [0.05, 0.1) is 30.6 Å². The van der Waals surface area contributed by atoms with Gasteiger partial charge >= 0.3 is 0 Å². The summed E-state index contributed by atoms with van der Waals surface area (Å²) in [7, 11) is 3.37. The van der Waals surface area contributed by atoms with Crippen LogP contribution in [-0.4, -0.2) is 47.4 Å². The number of carbonyl (C=O) groups is 1. The Morgan fingerprint density at radius 2 is 1.95 bits per heavy atom. The van der Waals surface area contributed by atoms with Gasteiger partial charge < -0.3 is 9.30 Å². The molecule has 1 unspecified atom stereocenters. The highest BCUT2D eigenvalue weighted by molar-refractivity contribution is 6.31. The van der Waals surface area contributed by atoms with E-state index in [9.17, 15) is 9.59 Å². The molecular formula is C26H24ClN7O3. The summed E-state index contributed by atoms with van der Waals surface area (Å²) in [6, 6.07) is 11.7. The number of nitrogens with zero attached hydrogens (tertiary/aromatic N) is 7. The van der Waals surface area contributed by atoms with E-state index in [2.05, 4.69) is 20.6 Å². The SMILES string of the molecule is CCC(C(=O)Cc1ccc2nn(C)cc2c1)n1cc(OC)c(-c2cc(Cl)ccc2-n2cnnn2)cc1=O. The Hall–Kier alpha value is -4.31. The molecule has 0 bridgehead atoms. The van der Waals surface area contributed by atoms with E-state index in [0.717, 1.165) is 16.5 Å². The molecule has 1 atom stereocenters. The van der Waals surface area contributed by atoms with Crippen molar-refractivity contribution < 1.29 is 9.53 Å². The molecule has 0 aliphatic rings. The predicted molar refractivity (Wildman–Crippen MR) is 139 cm³/mol. The Bertz CT molecular complexity index is 1660. The van der Waals surface area contributed by atoms with E-state index in [4.69, 9.17) is 16.3 Å². The summed E-state index contributed by atoms with van der Waals surface area (Å²) >= 11 is 6.29. The van der Waals surface area contributed by atoms with Crippen LogP contribution < -0.4 is 10.3 Å². The summed E-state index contributed by atoms with van der Waals surface area (Å²) in [6.07, 6.45) is 5.59. The summed E-state index contributed by atoms with van der Waals surface area (Å²) < 4.78 is 10.3. The maximum atomic E-state index is 13.4. The Morgan fingerprint density at radius 3 is 2.68 bits per heavy atom. The molecule has 0 amide bonds. The summed E-state index contributed by atoms with van der Waals surface area (Å²) in [5.74, 6) is 0.346. The first-order chi connectivity index (χ1) is 17.9. The Kier molecular flexibility index (Phi) is 6.58. The topological polar surface area (TPSA) is 110 Å². The molecular weight excluding hydrogens is 494 g/mol. The van der Waals surface area contributed by atoms with Crippen LogP contribution in [0, 0.1) is 0 Å². The molecule has 3 heterocycles. The first-order valence-electron chi connectivity index (χ1n) is 11.7. The van der Waals surface area contributed by atoms with Crippen LogP contribution in [0.25, 0.3) is 27.7 Å². The molecule has 0 aliphatic heterocycles. The second-order valence-corrected chi connectivity index (χ2v) is 9.12. The van der Waals surface area contributed by atoms with Crippen LogP contribution >= 0.6 is 11.6 Å². The fourth-order valence-corrected chi connectivity index (χ4v) is 4.72. The molecule has 0 saturated carbocycles. The molecule has 0 spiro atoms. The van der Waals surface area contributed by atoms with Crippen molar-refractivity contribution in [2.45, 2.75) is 25.8 Å². The number of benzene rings is 2. The fraction of sp³-hybridized carbons (Fsp3) is 0.231. The lowest BCUT2D eigenvalue weighted by Crippen LogP contribution is -2.30. The van der Waals surface area contributed by atoms with Gasteiger partial charge in [0.2, 0.25) is 0 Å². The van der Waals surface area contributed by atoms with Crippen LogP contribution in [0.15, 0.2) is 66.0 Å². The van der Waals surface area contributed by atoms with Crippen LogP contribution in [-0.2, 0) is 18.3 Å². The first-order valence-corrected chi connectivity index (χ1v) is 12.0. The van der Waals surface area contributed by atoms with Crippen molar-refractivity contribution in [1.29, 1.82) is 0 Å². The van der Waals surface area contributed by atoms with Gasteiger partial charge in [0.1, 0.15) is 12.1 Å². The van der Waals surface area contributed by atoms with Gasteiger partial charge in [-0.25, -0.2) is 0 Å². The van der Waals surface area contributed by atoms with Crippen LogP contribution in [0.4, 0.5) is 0 Å². The molecule has 2 aromatic carbocycles. The lowest BCUT2D eigenvalue weighted by molar-refractivity contribution is -0.121. The lowest BCUT2D eigenvalue weighted by Gasteiger charge is -2.20. The summed E-state index contributed by atoms with van der Waals surface area (Å²) in [6.45, 7) is 1.88. The third kappa shape index (κ3) is 4.75. The summed E-state index contributed by atoms with van der Waals surface area (Å²) in [5.41, 5.74) is 3.15. The molecule has 0 aliphatic carbocycles. The van der Waals surface area contributed by atoms with E-state index in [1.807, 2.05) is 38.4 Å².